The van der Waals surface area contributed by atoms with Crippen LogP contribution in [0.4, 0.5) is 0 Å². The van der Waals surface area contributed by atoms with E-state index in [9.17, 15) is 4.79 Å². The lowest BCUT2D eigenvalue weighted by atomic mass is 10.6. The molecule has 0 aromatic rings. The molecule has 0 aliphatic rings. The number of amides is 1. The highest BCUT2D eigenvalue weighted by Crippen LogP contribution is 1.46. The Labute approximate surface area is 50.1 Å². The zero-order valence-electron chi connectivity index (χ0n) is 5.49. The minimum absolute atomic E-state index is 0.572. The minimum Gasteiger partial charge on any atom is -0.359 e. The Morgan fingerprint density at radius 2 is 1.88 bits per heavy atom. The van der Waals surface area contributed by atoms with Gasteiger partial charge < -0.3 is 5.73 Å². The molecule has 0 fully saturated rings. The van der Waals surface area contributed by atoms with Crippen LogP contribution in [0.3, 0.4) is 0 Å². The second-order valence-electron chi connectivity index (χ2n) is 0.739. The van der Waals surface area contributed by atoms with Crippen molar-refractivity contribution in [3.8, 4) is 11.8 Å². The predicted octanol–water partition coefficient (Wildman–Crippen LogP) is 0.521. The van der Waals surface area contributed by atoms with E-state index in [0.29, 0.717) is 0 Å². The summed E-state index contributed by atoms with van der Waals surface area (Å²) in [4.78, 5) is 9.65. The predicted molar refractivity (Wildman–Crippen MR) is 34.0 cm³/mol. The van der Waals surface area contributed by atoms with Crippen LogP contribution in [0.2, 0.25) is 0 Å². The lowest BCUT2D eigenvalue weighted by Crippen LogP contribution is -2.05. The first-order valence-corrected chi connectivity index (χ1v) is 2.49. The molecule has 0 bridgehead atoms. The number of rotatable bonds is 0. The zero-order chi connectivity index (χ0) is 6.99. The molecule has 0 radical (unpaired) electrons. The normalized spacial score (nSPS) is 4.88. The van der Waals surface area contributed by atoms with E-state index in [1.807, 2.05) is 13.8 Å². The van der Waals surface area contributed by atoms with Gasteiger partial charge >= 0.3 is 0 Å². The largest absolute Gasteiger partial charge is 0.359 e. The SMILES string of the molecule is CC.CC#CC(N)=O. The molecule has 0 unspecified atom stereocenters. The molecular weight excluding hydrogens is 102 g/mol. The highest BCUT2D eigenvalue weighted by atomic mass is 16.1. The van der Waals surface area contributed by atoms with Gasteiger partial charge in [0.15, 0.2) is 0 Å². The third-order valence-corrected chi connectivity index (χ3v) is 0.248. The molecular formula is C6H11NO. The Kier molecular flexibility index (Phi) is 11.9. The maximum Gasteiger partial charge on any atom is 0.293 e. The van der Waals surface area contributed by atoms with Crippen molar-refractivity contribution in [1.29, 1.82) is 0 Å². The van der Waals surface area contributed by atoms with Crippen molar-refractivity contribution in [2.45, 2.75) is 20.8 Å². The van der Waals surface area contributed by atoms with Crippen LogP contribution in [0.15, 0.2) is 0 Å². The van der Waals surface area contributed by atoms with E-state index in [0.717, 1.165) is 0 Å². The van der Waals surface area contributed by atoms with Crippen LogP contribution in [-0.4, -0.2) is 5.91 Å². The topological polar surface area (TPSA) is 43.1 Å². The molecule has 0 saturated heterocycles. The average molecular weight is 113 g/mol. The molecule has 0 spiro atoms. The van der Waals surface area contributed by atoms with Gasteiger partial charge in [0, 0.05) is 0 Å². The molecule has 2 nitrogen and oxygen atoms in total. The Bertz CT molecular complexity index is 107. The van der Waals surface area contributed by atoms with Crippen molar-refractivity contribution in [2.24, 2.45) is 5.73 Å². The lowest BCUT2D eigenvalue weighted by Gasteiger charge is -1.64. The summed E-state index contributed by atoms with van der Waals surface area (Å²) in [5.41, 5.74) is 4.59. The van der Waals surface area contributed by atoms with E-state index in [1.54, 1.807) is 6.92 Å². The third-order valence-electron chi connectivity index (χ3n) is 0.248. The maximum atomic E-state index is 9.65. The van der Waals surface area contributed by atoms with Crippen molar-refractivity contribution in [2.75, 3.05) is 0 Å². The van der Waals surface area contributed by atoms with Crippen molar-refractivity contribution >= 4 is 5.91 Å². The van der Waals surface area contributed by atoms with E-state index < -0.39 is 5.91 Å². The van der Waals surface area contributed by atoms with Gasteiger partial charge in [0.25, 0.3) is 5.91 Å². The van der Waals surface area contributed by atoms with Gasteiger partial charge in [-0.05, 0) is 12.8 Å². The Hall–Kier alpha value is -0.970. The quantitative estimate of drug-likeness (QED) is 0.457. The highest BCUT2D eigenvalue weighted by Gasteiger charge is 1.72. The molecule has 0 aromatic carbocycles. The summed E-state index contributed by atoms with van der Waals surface area (Å²) in [7, 11) is 0. The molecule has 0 atom stereocenters. The van der Waals surface area contributed by atoms with Gasteiger partial charge in [-0.2, -0.15) is 0 Å². The first kappa shape index (κ1) is 10.1. The second kappa shape index (κ2) is 9.39. The highest BCUT2D eigenvalue weighted by molar-refractivity contribution is 5.91. The number of hydrogen-bond acceptors (Lipinski definition) is 1. The van der Waals surface area contributed by atoms with Gasteiger partial charge in [0.2, 0.25) is 0 Å². The van der Waals surface area contributed by atoms with Crippen LogP contribution < -0.4 is 5.73 Å². The Morgan fingerprint density at radius 1 is 1.50 bits per heavy atom. The smallest absolute Gasteiger partial charge is 0.293 e. The third kappa shape index (κ3) is 19.8. The summed E-state index contributed by atoms with van der Waals surface area (Å²) in [6, 6.07) is 0. The standard InChI is InChI=1S/C4H5NO.C2H6/c1-2-3-4(5)6;1-2/h1H3,(H2,5,6);1-2H3. The van der Waals surface area contributed by atoms with E-state index >= 15 is 0 Å². The first-order valence-electron chi connectivity index (χ1n) is 2.49. The molecule has 8 heavy (non-hydrogen) atoms. The molecule has 2 N–H and O–H groups in total. The average Bonchev–Trinajstić information content (AvgIpc) is 1.72. The lowest BCUT2D eigenvalue weighted by molar-refractivity contribution is -0.112. The van der Waals surface area contributed by atoms with Crippen LogP contribution in [0, 0.1) is 11.8 Å². The van der Waals surface area contributed by atoms with Crippen molar-refractivity contribution in [1.82, 2.24) is 0 Å². The number of carbonyl (C=O) groups excluding carboxylic acids is 1. The van der Waals surface area contributed by atoms with Gasteiger partial charge in [-0.15, -0.1) is 0 Å². The van der Waals surface area contributed by atoms with Crippen LogP contribution in [0.25, 0.3) is 0 Å². The molecule has 1 amide bonds. The molecule has 0 rings (SSSR count). The minimum atomic E-state index is -0.572. The first-order chi connectivity index (χ1) is 3.77. The fourth-order valence-electron chi connectivity index (χ4n) is 0.123. The number of carbonyl (C=O) groups is 1. The fraction of sp³-hybridized carbons (Fsp3) is 0.500. The van der Waals surface area contributed by atoms with E-state index in [2.05, 4.69) is 17.6 Å². The molecule has 2 heteroatoms. The summed E-state index contributed by atoms with van der Waals surface area (Å²) in [5, 5.41) is 0. The number of hydrogen-bond donors (Lipinski definition) is 1. The van der Waals surface area contributed by atoms with Crippen LogP contribution in [0.1, 0.15) is 20.8 Å². The van der Waals surface area contributed by atoms with Gasteiger partial charge in [-0.1, -0.05) is 19.8 Å². The molecule has 46 valence electrons. The summed E-state index contributed by atoms with van der Waals surface area (Å²) in [5.74, 6) is 3.87. The summed E-state index contributed by atoms with van der Waals surface area (Å²) in [6.07, 6.45) is 0. The summed E-state index contributed by atoms with van der Waals surface area (Å²) in [6.45, 7) is 5.56. The van der Waals surface area contributed by atoms with E-state index in [-0.39, 0.29) is 0 Å². The van der Waals surface area contributed by atoms with Gasteiger partial charge in [-0.25, -0.2) is 0 Å². The Balaban J connectivity index is 0. The second-order valence-corrected chi connectivity index (χ2v) is 0.739. The molecule has 0 aliphatic carbocycles. The van der Waals surface area contributed by atoms with E-state index in [4.69, 9.17) is 0 Å². The van der Waals surface area contributed by atoms with Gasteiger partial charge in [0.05, 0.1) is 0 Å². The van der Waals surface area contributed by atoms with Crippen LogP contribution >= 0.6 is 0 Å². The van der Waals surface area contributed by atoms with Crippen molar-refractivity contribution < 1.29 is 4.79 Å². The number of nitrogens with two attached hydrogens (primary N) is 1. The number of primary amides is 1. The molecule has 0 aromatic heterocycles. The molecule has 0 aliphatic heterocycles. The zero-order valence-corrected chi connectivity index (χ0v) is 5.49. The van der Waals surface area contributed by atoms with Crippen molar-refractivity contribution in [3.63, 3.8) is 0 Å². The fourth-order valence-corrected chi connectivity index (χ4v) is 0.123. The van der Waals surface area contributed by atoms with Crippen LogP contribution in [-0.2, 0) is 4.79 Å². The molecule has 0 saturated carbocycles. The summed E-state index contributed by atoms with van der Waals surface area (Å²) < 4.78 is 0. The van der Waals surface area contributed by atoms with Crippen LogP contribution in [0.5, 0.6) is 0 Å². The van der Waals surface area contributed by atoms with Crippen molar-refractivity contribution in [3.05, 3.63) is 0 Å². The Morgan fingerprint density at radius 3 is 1.88 bits per heavy atom. The molecule has 0 heterocycles. The van der Waals surface area contributed by atoms with Gasteiger partial charge in [0.1, 0.15) is 0 Å². The summed E-state index contributed by atoms with van der Waals surface area (Å²) >= 11 is 0. The van der Waals surface area contributed by atoms with E-state index in [1.165, 1.54) is 0 Å². The maximum absolute atomic E-state index is 9.65. The van der Waals surface area contributed by atoms with Gasteiger partial charge in [-0.3, -0.25) is 4.79 Å². The monoisotopic (exact) mass is 113 g/mol.